The lowest BCUT2D eigenvalue weighted by molar-refractivity contribution is -0.385. The van der Waals surface area contributed by atoms with Crippen molar-refractivity contribution in [2.24, 2.45) is 5.92 Å². The molecule has 1 N–H and O–H groups in total. The van der Waals surface area contributed by atoms with Gasteiger partial charge in [0.1, 0.15) is 0 Å². The van der Waals surface area contributed by atoms with Gasteiger partial charge in [-0.25, -0.2) is 0 Å². The zero-order valence-electron chi connectivity index (χ0n) is 12.6. The molecule has 2 aromatic carbocycles. The van der Waals surface area contributed by atoms with Crippen molar-refractivity contribution in [3.8, 4) is 0 Å². The molecule has 1 aliphatic carbocycles. The van der Waals surface area contributed by atoms with Crippen LogP contribution in [0.25, 0.3) is 0 Å². The van der Waals surface area contributed by atoms with Crippen LogP contribution in [0.15, 0.2) is 48.6 Å². The number of hydrogen-bond donors (Lipinski definition) is 1. The Bertz CT molecular complexity index is 849. The molecule has 0 amide bonds. The van der Waals surface area contributed by atoms with Gasteiger partial charge in [0.25, 0.3) is 5.69 Å². The van der Waals surface area contributed by atoms with E-state index in [-0.39, 0.29) is 28.5 Å². The molecule has 122 valence electrons. The number of rotatable bonds is 2. The lowest BCUT2D eigenvalue weighted by Gasteiger charge is -2.37. The first kappa shape index (κ1) is 15.5. The van der Waals surface area contributed by atoms with E-state index in [1.165, 1.54) is 6.07 Å². The quantitative estimate of drug-likeness (QED) is 0.422. The molecule has 6 heteroatoms. The fourth-order valence-electron chi connectivity index (χ4n) is 3.81. The van der Waals surface area contributed by atoms with Crippen LogP contribution in [0.4, 0.5) is 11.4 Å². The van der Waals surface area contributed by atoms with Crippen LogP contribution in [-0.2, 0) is 0 Å². The van der Waals surface area contributed by atoms with Gasteiger partial charge in [-0.05, 0) is 36.1 Å². The summed E-state index contributed by atoms with van der Waals surface area (Å²) in [5, 5.41) is 16.1. The highest BCUT2D eigenvalue weighted by Gasteiger charge is 2.42. The minimum atomic E-state index is -0.331. The van der Waals surface area contributed by atoms with E-state index in [1.807, 2.05) is 24.3 Å². The highest BCUT2D eigenvalue weighted by molar-refractivity contribution is 6.33. The zero-order valence-corrected chi connectivity index (χ0v) is 14.1. The minimum absolute atomic E-state index is 0.0129. The summed E-state index contributed by atoms with van der Waals surface area (Å²) >= 11 is 12.4. The molecule has 0 saturated carbocycles. The van der Waals surface area contributed by atoms with Crippen molar-refractivity contribution in [3.05, 3.63) is 79.8 Å². The van der Waals surface area contributed by atoms with Crippen molar-refractivity contribution >= 4 is 34.6 Å². The van der Waals surface area contributed by atoms with Crippen LogP contribution in [0.5, 0.6) is 0 Å². The highest BCUT2D eigenvalue weighted by Crippen LogP contribution is 2.54. The van der Waals surface area contributed by atoms with Crippen LogP contribution in [0.2, 0.25) is 10.0 Å². The Kier molecular flexibility index (Phi) is 3.74. The normalized spacial score (nSPS) is 24.2. The number of hydrogen-bond acceptors (Lipinski definition) is 3. The van der Waals surface area contributed by atoms with Gasteiger partial charge in [-0.15, -0.1) is 0 Å². The summed E-state index contributed by atoms with van der Waals surface area (Å²) < 4.78 is 0. The Labute approximate surface area is 149 Å². The predicted octanol–water partition coefficient (Wildman–Crippen LogP) is 5.73. The van der Waals surface area contributed by atoms with Gasteiger partial charge < -0.3 is 5.32 Å². The van der Waals surface area contributed by atoms with E-state index in [4.69, 9.17) is 23.2 Å². The monoisotopic (exact) mass is 360 g/mol. The van der Waals surface area contributed by atoms with Crippen molar-refractivity contribution in [2.45, 2.75) is 18.4 Å². The molecule has 24 heavy (non-hydrogen) atoms. The number of benzene rings is 2. The number of anilines is 1. The van der Waals surface area contributed by atoms with Crippen molar-refractivity contribution in [1.29, 1.82) is 0 Å². The molecule has 0 bridgehead atoms. The molecule has 0 fully saturated rings. The fourth-order valence-corrected chi connectivity index (χ4v) is 4.16. The maximum Gasteiger partial charge on any atom is 0.275 e. The van der Waals surface area contributed by atoms with Crippen LogP contribution >= 0.6 is 23.2 Å². The lowest BCUT2D eigenvalue weighted by atomic mass is 9.76. The lowest BCUT2D eigenvalue weighted by Crippen LogP contribution is -2.29. The van der Waals surface area contributed by atoms with Gasteiger partial charge in [0, 0.05) is 17.0 Å². The molecular formula is C18H14Cl2N2O2. The predicted molar refractivity (Wildman–Crippen MR) is 95.9 cm³/mol. The van der Waals surface area contributed by atoms with Gasteiger partial charge in [-0.2, -0.15) is 0 Å². The van der Waals surface area contributed by atoms with Crippen molar-refractivity contribution in [2.75, 3.05) is 5.32 Å². The zero-order chi connectivity index (χ0) is 16.8. The Morgan fingerprint density at radius 3 is 2.58 bits per heavy atom. The molecular weight excluding hydrogens is 347 g/mol. The molecule has 0 unspecified atom stereocenters. The van der Waals surface area contributed by atoms with Crippen LogP contribution in [0, 0.1) is 16.0 Å². The molecule has 2 aromatic rings. The molecule has 0 radical (unpaired) electrons. The Morgan fingerprint density at radius 2 is 1.88 bits per heavy atom. The molecule has 2 aliphatic rings. The van der Waals surface area contributed by atoms with E-state index in [0.29, 0.717) is 21.3 Å². The summed E-state index contributed by atoms with van der Waals surface area (Å²) in [6, 6.07) is 10.8. The second-order valence-corrected chi connectivity index (χ2v) is 6.98. The first-order valence-electron chi connectivity index (χ1n) is 7.71. The third-order valence-corrected chi connectivity index (χ3v) is 5.44. The molecule has 1 heterocycles. The topological polar surface area (TPSA) is 55.2 Å². The first-order chi connectivity index (χ1) is 11.6. The van der Waals surface area contributed by atoms with Gasteiger partial charge in [0.05, 0.1) is 27.2 Å². The Balaban J connectivity index is 1.86. The van der Waals surface area contributed by atoms with Gasteiger partial charge in [0.15, 0.2) is 0 Å². The van der Waals surface area contributed by atoms with Crippen LogP contribution in [-0.4, -0.2) is 4.92 Å². The molecule has 4 nitrogen and oxygen atoms in total. The SMILES string of the molecule is O=[N+]([O-])c1ccc(Cl)c2c1[C@@H]1C=CC[C@H]1[C@H](c1ccc(Cl)cc1)N2. The fraction of sp³-hybridized carbons (Fsp3) is 0.222. The van der Waals surface area contributed by atoms with E-state index in [1.54, 1.807) is 6.07 Å². The molecule has 1 aliphatic heterocycles. The van der Waals surface area contributed by atoms with E-state index < -0.39 is 0 Å². The standard InChI is InChI=1S/C18H14Cl2N2O2/c19-11-6-4-10(5-7-11)17-13-3-1-2-12(13)16-15(22(23)24)9-8-14(20)18(16)21-17/h1-2,4-9,12-13,17,21H,3H2/t12-,13-,17+/m1/s1. The third kappa shape index (κ3) is 2.38. The first-order valence-corrected chi connectivity index (χ1v) is 8.47. The molecule has 4 rings (SSSR count). The van der Waals surface area contributed by atoms with Gasteiger partial charge in [-0.1, -0.05) is 47.5 Å². The van der Waals surface area contributed by atoms with Crippen LogP contribution < -0.4 is 5.32 Å². The third-order valence-electron chi connectivity index (χ3n) is 4.87. The summed E-state index contributed by atoms with van der Waals surface area (Å²) in [7, 11) is 0. The number of halogens is 2. The van der Waals surface area contributed by atoms with Gasteiger partial charge in [0.2, 0.25) is 0 Å². The van der Waals surface area contributed by atoms with Crippen molar-refractivity contribution in [1.82, 2.24) is 0 Å². The second-order valence-electron chi connectivity index (χ2n) is 6.14. The number of nitro benzene ring substituents is 1. The molecule has 3 atom stereocenters. The van der Waals surface area contributed by atoms with E-state index in [9.17, 15) is 10.1 Å². The van der Waals surface area contributed by atoms with E-state index >= 15 is 0 Å². The van der Waals surface area contributed by atoms with Gasteiger partial charge >= 0.3 is 0 Å². The van der Waals surface area contributed by atoms with E-state index in [0.717, 1.165) is 12.0 Å². The second kappa shape index (κ2) is 5.80. The molecule has 0 aromatic heterocycles. The van der Waals surface area contributed by atoms with Gasteiger partial charge in [-0.3, -0.25) is 10.1 Å². The molecule has 0 saturated heterocycles. The smallest absolute Gasteiger partial charge is 0.275 e. The summed E-state index contributed by atoms with van der Waals surface area (Å²) in [6.45, 7) is 0. The number of nitrogens with zero attached hydrogens (tertiary/aromatic N) is 1. The number of nitro groups is 1. The van der Waals surface area contributed by atoms with Crippen LogP contribution in [0.1, 0.15) is 29.5 Å². The maximum atomic E-state index is 11.5. The number of nitrogens with one attached hydrogen (secondary N) is 1. The summed E-state index contributed by atoms with van der Waals surface area (Å²) in [5.74, 6) is 0.205. The van der Waals surface area contributed by atoms with Crippen molar-refractivity contribution in [3.63, 3.8) is 0 Å². The highest BCUT2D eigenvalue weighted by atomic mass is 35.5. The molecule has 0 spiro atoms. The Hall–Kier alpha value is -2.04. The van der Waals surface area contributed by atoms with E-state index in [2.05, 4.69) is 17.5 Å². The number of fused-ring (bicyclic) bond motifs is 3. The summed E-state index contributed by atoms with van der Waals surface area (Å²) in [6.07, 6.45) is 5.03. The summed E-state index contributed by atoms with van der Waals surface area (Å²) in [5.41, 5.74) is 2.58. The Morgan fingerprint density at radius 1 is 1.12 bits per heavy atom. The van der Waals surface area contributed by atoms with Crippen LogP contribution in [0.3, 0.4) is 0 Å². The number of allylic oxidation sites excluding steroid dienone is 2. The average Bonchev–Trinajstić information content (AvgIpc) is 3.05. The summed E-state index contributed by atoms with van der Waals surface area (Å²) in [4.78, 5) is 11.1. The minimum Gasteiger partial charge on any atom is -0.376 e. The largest absolute Gasteiger partial charge is 0.376 e. The maximum absolute atomic E-state index is 11.5. The van der Waals surface area contributed by atoms with Crippen molar-refractivity contribution < 1.29 is 4.92 Å². The average molecular weight is 361 g/mol.